The number of carbonyl (C=O) groups excluding carboxylic acids is 1. The van der Waals surface area contributed by atoms with E-state index in [1.54, 1.807) is 4.90 Å². The normalized spacial score (nSPS) is 26.5. The molecule has 14 heavy (non-hydrogen) atoms. The van der Waals surface area contributed by atoms with Gasteiger partial charge >= 0.3 is 0 Å². The lowest BCUT2D eigenvalue weighted by Crippen LogP contribution is -2.39. The van der Waals surface area contributed by atoms with E-state index < -0.39 is 0 Å². The van der Waals surface area contributed by atoms with Crippen molar-refractivity contribution in [2.45, 2.75) is 32.0 Å². The molecule has 0 spiro atoms. The van der Waals surface area contributed by atoms with Crippen molar-refractivity contribution in [2.75, 3.05) is 27.2 Å². The monoisotopic (exact) mass is 200 g/mol. The minimum Gasteiger partial charge on any atom is -0.365 e. The van der Waals surface area contributed by atoms with Gasteiger partial charge in [-0.2, -0.15) is 0 Å². The third-order valence-electron chi connectivity index (χ3n) is 2.58. The molecule has 2 atom stereocenters. The Bertz CT molecular complexity index is 197. The second kappa shape index (κ2) is 5.32. The first kappa shape index (κ1) is 11.5. The van der Waals surface area contributed by atoms with Crippen LogP contribution in [0.4, 0.5) is 0 Å². The fourth-order valence-electron chi connectivity index (χ4n) is 1.62. The molecule has 1 rings (SSSR count). The Balaban J connectivity index is 2.32. The van der Waals surface area contributed by atoms with Gasteiger partial charge in [-0.1, -0.05) is 0 Å². The summed E-state index contributed by atoms with van der Waals surface area (Å²) in [6.07, 6.45) is 1.90. The van der Waals surface area contributed by atoms with Crippen molar-refractivity contribution in [3.05, 3.63) is 0 Å². The zero-order valence-corrected chi connectivity index (χ0v) is 9.25. The first-order valence-electron chi connectivity index (χ1n) is 5.20. The van der Waals surface area contributed by atoms with Crippen molar-refractivity contribution < 1.29 is 9.53 Å². The minimum atomic E-state index is -0.202. The van der Waals surface area contributed by atoms with Crippen molar-refractivity contribution in [1.29, 1.82) is 0 Å². The predicted octanol–water partition coefficient (Wildman–Crippen LogP) is 0.232. The highest BCUT2D eigenvalue weighted by molar-refractivity contribution is 5.80. The molecule has 1 saturated heterocycles. The number of hydrogen-bond acceptors (Lipinski definition) is 3. The number of nitrogens with zero attached hydrogens (tertiary/aromatic N) is 1. The van der Waals surface area contributed by atoms with Gasteiger partial charge < -0.3 is 15.0 Å². The van der Waals surface area contributed by atoms with Gasteiger partial charge in [-0.25, -0.2) is 0 Å². The van der Waals surface area contributed by atoms with Crippen molar-refractivity contribution in [3.63, 3.8) is 0 Å². The molecule has 0 aromatic rings. The molecule has 0 aromatic heterocycles. The van der Waals surface area contributed by atoms with Gasteiger partial charge in [0.1, 0.15) is 6.10 Å². The van der Waals surface area contributed by atoms with Gasteiger partial charge in [0.15, 0.2) is 0 Å². The second-order valence-electron chi connectivity index (χ2n) is 3.88. The van der Waals surface area contributed by atoms with Crippen molar-refractivity contribution >= 4 is 5.91 Å². The van der Waals surface area contributed by atoms with Crippen LogP contribution in [-0.2, 0) is 9.53 Å². The lowest BCUT2D eigenvalue weighted by Gasteiger charge is -2.20. The Morgan fingerprint density at radius 1 is 1.57 bits per heavy atom. The van der Waals surface area contributed by atoms with Gasteiger partial charge in [0, 0.05) is 20.1 Å². The van der Waals surface area contributed by atoms with E-state index in [0.717, 1.165) is 25.9 Å². The molecule has 0 saturated carbocycles. The molecular formula is C10H20N2O2. The maximum atomic E-state index is 11.8. The summed E-state index contributed by atoms with van der Waals surface area (Å²) in [4.78, 5) is 13.5. The smallest absolute Gasteiger partial charge is 0.251 e. The number of hydrogen-bond donors (Lipinski definition) is 1. The molecule has 0 aromatic carbocycles. The fourth-order valence-corrected chi connectivity index (χ4v) is 1.62. The molecular weight excluding hydrogens is 180 g/mol. The molecule has 0 radical (unpaired) electrons. The van der Waals surface area contributed by atoms with E-state index in [4.69, 9.17) is 4.74 Å². The van der Waals surface area contributed by atoms with E-state index in [0.29, 0.717) is 0 Å². The van der Waals surface area contributed by atoms with E-state index in [1.807, 2.05) is 21.0 Å². The van der Waals surface area contributed by atoms with Gasteiger partial charge in [-0.05, 0) is 26.8 Å². The Labute approximate surface area is 85.6 Å². The summed E-state index contributed by atoms with van der Waals surface area (Å²) in [6.45, 7) is 3.58. The molecule has 1 amide bonds. The van der Waals surface area contributed by atoms with Gasteiger partial charge in [0.25, 0.3) is 5.91 Å². The van der Waals surface area contributed by atoms with E-state index in [1.165, 1.54) is 0 Å². The Hall–Kier alpha value is -0.610. The highest BCUT2D eigenvalue weighted by Crippen LogP contribution is 2.20. The van der Waals surface area contributed by atoms with Crippen LogP contribution in [0.2, 0.25) is 0 Å². The van der Waals surface area contributed by atoms with Crippen LogP contribution < -0.4 is 5.32 Å². The molecule has 1 aliphatic rings. The van der Waals surface area contributed by atoms with Crippen molar-refractivity contribution in [3.8, 4) is 0 Å². The first-order chi connectivity index (χ1) is 6.65. The Morgan fingerprint density at radius 3 is 2.79 bits per heavy atom. The zero-order chi connectivity index (χ0) is 10.6. The Kier molecular flexibility index (Phi) is 4.35. The lowest BCUT2D eigenvalue weighted by atomic mass is 10.2. The first-order valence-corrected chi connectivity index (χ1v) is 5.20. The molecule has 2 unspecified atom stereocenters. The highest BCUT2D eigenvalue weighted by Gasteiger charge is 2.29. The second-order valence-corrected chi connectivity index (χ2v) is 3.88. The van der Waals surface area contributed by atoms with Crippen LogP contribution in [0, 0.1) is 0 Å². The minimum absolute atomic E-state index is 0.115. The van der Waals surface area contributed by atoms with Crippen LogP contribution in [0.3, 0.4) is 0 Å². The fraction of sp³-hybridized carbons (Fsp3) is 0.900. The average Bonchev–Trinajstić information content (AvgIpc) is 2.60. The molecule has 1 N–H and O–H groups in total. The topological polar surface area (TPSA) is 41.6 Å². The van der Waals surface area contributed by atoms with E-state index >= 15 is 0 Å². The van der Waals surface area contributed by atoms with Gasteiger partial charge in [-0.15, -0.1) is 0 Å². The Morgan fingerprint density at radius 2 is 2.29 bits per heavy atom. The van der Waals surface area contributed by atoms with Crippen LogP contribution in [-0.4, -0.2) is 50.2 Å². The lowest BCUT2D eigenvalue weighted by molar-refractivity contribution is -0.141. The summed E-state index contributed by atoms with van der Waals surface area (Å²) in [5, 5.41) is 3.02. The van der Waals surface area contributed by atoms with Gasteiger partial charge in [0.05, 0.1) is 6.10 Å². The van der Waals surface area contributed by atoms with Crippen LogP contribution >= 0.6 is 0 Å². The summed E-state index contributed by atoms with van der Waals surface area (Å²) >= 11 is 0. The number of nitrogens with one attached hydrogen (secondary N) is 1. The van der Waals surface area contributed by atoms with Crippen molar-refractivity contribution in [1.82, 2.24) is 10.2 Å². The number of ether oxygens (including phenoxy) is 1. The number of amides is 1. The summed E-state index contributed by atoms with van der Waals surface area (Å²) in [7, 11) is 3.71. The summed E-state index contributed by atoms with van der Waals surface area (Å²) in [5.41, 5.74) is 0. The van der Waals surface area contributed by atoms with E-state index in [2.05, 4.69) is 5.32 Å². The molecule has 1 fully saturated rings. The number of carbonyl (C=O) groups is 1. The molecule has 1 heterocycles. The molecule has 0 aliphatic carbocycles. The zero-order valence-electron chi connectivity index (χ0n) is 9.25. The number of rotatable bonds is 4. The maximum absolute atomic E-state index is 11.8. The van der Waals surface area contributed by atoms with Gasteiger partial charge in [0.2, 0.25) is 0 Å². The molecule has 1 aliphatic heterocycles. The third kappa shape index (κ3) is 2.96. The molecule has 0 bridgehead atoms. The molecule has 82 valence electrons. The van der Waals surface area contributed by atoms with Gasteiger partial charge in [-0.3, -0.25) is 4.79 Å². The summed E-state index contributed by atoms with van der Waals surface area (Å²) < 4.78 is 5.51. The highest BCUT2D eigenvalue weighted by atomic mass is 16.5. The number of likely N-dealkylation sites (N-methyl/N-ethyl adjacent to an activating group) is 2. The standard InChI is InChI=1S/C10H20N2O2/c1-8-4-5-9(14-8)10(13)12(3)7-6-11-2/h8-9,11H,4-7H2,1-3H3. The van der Waals surface area contributed by atoms with Crippen LogP contribution in [0.5, 0.6) is 0 Å². The largest absolute Gasteiger partial charge is 0.365 e. The molecule has 4 heteroatoms. The predicted molar refractivity (Wildman–Crippen MR) is 55.1 cm³/mol. The summed E-state index contributed by atoms with van der Waals surface area (Å²) in [6, 6.07) is 0. The average molecular weight is 200 g/mol. The van der Waals surface area contributed by atoms with Crippen LogP contribution in [0.15, 0.2) is 0 Å². The third-order valence-corrected chi connectivity index (χ3v) is 2.58. The maximum Gasteiger partial charge on any atom is 0.251 e. The van der Waals surface area contributed by atoms with E-state index in [9.17, 15) is 4.79 Å². The van der Waals surface area contributed by atoms with Crippen molar-refractivity contribution in [2.24, 2.45) is 0 Å². The molecule has 4 nitrogen and oxygen atoms in total. The SMILES string of the molecule is CNCCN(C)C(=O)C1CCC(C)O1. The quantitative estimate of drug-likeness (QED) is 0.706. The van der Waals surface area contributed by atoms with Crippen LogP contribution in [0.1, 0.15) is 19.8 Å². The van der Waals surface area contributed by atoms with Crippen LogP contribution in [0.25, 0.3) is 0 Å². The van der Waals surface area contributed by atoms with E-state index in [-0.39, 0.29) is 18.1 Å². The summed E-state index contributed by atoms with van der Waals surface area (Å²) in [5.74, 6) is 0.115.